The summed E-state index contributed by atoms with van der Waals surface area (Å²) in [5.41, 5.74) is 1.43. The summed E-state index contributed by atoms with van der Waals surface area (Å²) in [5, 5.41) is 6.41. The van der Waals surface area contributed by atoms with E-state index in [9.17, 15) is 0 Å². The molecule has 0 spiro atoms. The van der Waals surface area contributed by atoms with E-state index in [1.165, 1.54) is 35.6 Å². The SMILES string of the molecule is CCCNC(c1ccc2ccccc2c1)C(C)CCC. The van der Waals surface area contributed by atoms with Crippen LogP contribution >= 0.6 is 0 Å². The van der Waals surface area contributed by atoms with Crippen molar-refractivity contribution >= 4 is 10.8 Å². The molecule has 1 N–H and O–H groups in total. The molecule has 2 aromatic carbocycles. The lowest BCUT2D eigenvalue weighted by Crippen LogP contribution is -2.27. The lowest BCUT2D eigenvalue weighted by Gasteiger charge is -2.26. The van der Waals surface area contributed by atoms with Crippen LogP contribution in [0.3, 0.4) is 0 Å². The third kappa shape index (κ3) is 3.61. The lowest BCUT2D eigenvalue weighted by atomic mass is 9.89. The van der Waals surface area contributed by atoms with Gasteiger partial charge in [-0.05, 0) is 47.7 Å². The first-order valence-corrected chi connectivity index (χ1v) is 7.98. The van der Waals surface area contributed by atoms with Crippen molar-refractivity contribution in [1.82, 2.24) is 5.32 Å². The van der Waals surface area contributed by atoms with Gasteiger partial charge in [0.25, 0.3) is 0 Å². The molecule has 0 saturated carbocycles. The van der Waals surface area contributed by atoms with Crippen molar-refractivity contribution in [3.63, 3.8) is 0 Å². The first-order valence-electron chi connectivity index (χ1n) is 7.98. The zero-order chi connectivity index (χ0) is 14.4. The van der Waals surface area contributed by atoms with Crippen LogP contribution in [0.1, 0.15) is 51.6 Å². The maximum Gasteiger partial charge on any atom is 0.0346 e. The number of benzene rings is 2. The fourth-order valence-electron chi connectivity index (χ4n) is 2.97. The predicted octanol–water partition coefficient (Wildman–Crippen LogP) is 5.32. The summed E-state index contributed by atoms with van der Waals surface area (Å²) >= 11 is 0. The van der Waals surface area contributed by atoms with Crippen molar-refractivity contribution in [2.24, 2.45) is 5.92 Å². The molecule has 2 unspecified atom stereocenters. The smallest absolute Gasteiger partial charge is 0.0346 e. The highest BCUT2D eigenvalue weighted by Crippen LogP contribution is 2.28. The molecule has 0 aromatic heterocycles. The highest BCUT2D eigenvalue weighted by molar-refractivity contribution is 5.83. The van der Waals surface area contributed by atoms with Crippen molar-refractivity contribution in [2.45, 2.75) is 46.1 Å². The Morgan fingerprint density at radius 1 is 0.950 bits per heavy atom. The molecule has 108 valence electrons. The minimum Gasteiger partial charge on any atom is -0.310 e. The van der Waals surface area contributed by atoms with E-state index in [0.717, 1.165) is 6.54 Å². The second-order valence-corrected chi connectivity index (χ2v) is 5.80. The summed E-state index contributed by atoms with van der Waals surface area (Å²) in [6.07, 6.45) is 3.70. The molecule has 2 atom stereocenters. The Morgan fingerprint density at radius 3 is 2.40 bits per heavy atom. The van der Waals surface area contributed by atoms with Gasteiger partial charge in [-0.25, -0.2) is 0 Å². The van der Waals surface area contributed by atoms with Gasteiger partial charge in [-0.1, -0.05) is 63.6 Å². The molecule has 1 nitrogen and oxygen atoms in total. The van der Waals surface area contributed by atoms with Crippen molar-refractivity contribution in [3.05, 3.63) is 48.0 Å². The molecule has 0 bridgehead atoms. The molecule has 2 rings (SSSR count). The van der Waals surface area contributed by atoms with Crippen molar-refractivity contribution in [1.29, 1.82) is 0 Å². The van der Waals surface area contributed by atoms with E-state index in [-0.39, 0.29) is 0 Å². The third-order valence-corrected chi connectivity index (χ3v) is 4.06. The zero-order valence-electron chi connectivity index (χ0n) is 13.0. The molecule has 0 amide bonds. The summed E-state index contributed by atoms with van der Waals surface area (Å²) in [6, 6.07) is 16.0. The second kappa shape index (κ2) is 7.44. The molecule has 20 heavy (non-hydrogen) atoms. The Balaban J connectivity index is 2.29. The van der Waals surface area contributed by atoms with Crippen LogP contribution in [-0.2, 0) is 0 Å². The lowest BCUT2D eigenvalue weighted by molar-refractivity contribution is 0.363. The van der Waals surface area contributed by atoms with Crippen LogP contribution in [0.5, 0.6) is 0 Å². The average Bonchev–Trinajstić information content (AvgIpc) is 2.48. The summed E-state index contributed by atoms with van der Waals surface area (Å²) < 4.78 is 0. The maximum atomic E-state index is 3.73. The van der Waals surface area contributed by atoms with Gasteiger partial charge in [0.2, 0.25) is 0 Å². The first-order chi connectivity index (χ1) is 9.76. The summed E-state index contributed by atoms with van der Waals surface area (Å²) in [7, 11) is 0. The van der Waals surface area contributed by atoms with Crippen LogP contribution in [0.15, 0.2) is 42.5 Å². The van der Waals surface area contributed by atoms with E-state index in [1.807, 2.05) is 0 Å². The standard InChI is InChI=1S/C19H27N/c1-4-8-15(3)19(20-13-5-2)18-12-11-16-9-6-7-10-17(16)14-18/h6-7,9-12,14-15,19-20H,4-5,8,13H2,1-3H3. The fraction of sp³-hybridized carbons (Fsp3) is 0.474. The second-order valence-electron chi connectivity index (χ2n) is 5.80. The third-order valence-electron chi connectivity index (χ3n) is 4.06. The Bertz CT molecular complexity index is 532. The number of fused-ring (bicyclic) bond motifs is 1. The molecule has 0 radical (unpaired) electrons. The minimum absolute atomic E-state index is 0.472. The molecule has 0 aliphatic carbocycles. The highest BCUT2D eigenvalue weighted by Gasteiger charge is 2.18. The zero-order valence-corrected chi connectivity index (χ0v) is 13.0. The normalized spacial score (nSPS) is 14.3. The van der Waals surface area contributed by atoms with Crippen LogP contribution in [0.2, 0.25) is 0 Å². The van der Waals surface area contributed by atoms with Gasteiger partial charge < -0.3 is 5.32 Å². The summed E-state index contributed by atoms with van der Waals surface area (Å²) in [4.78, 5) is 0. The van der Waals surface area contributed by atoms with Crippen LogP contribution in [0.4, 0.5) is 0 Å². The fourth-order valence-corrected chi connectivity index (χ4v) is 2.97. The van der Waals surface area contributed by atoms with Gasteiger partial charge in [-0.3, -0.25) is 0 Å². The van der Waals surface area contributed by atoms with Gasteiger partial charge in [-0.15, -0.1) is 0 Å². The van der Waals surface area contributed by atoms with Gasteiger partial charge >= 0.3 is 0 Å². The maximum absolute atomic E-state index is 3.73. The molecule has 2 aromatic rings. The Kier molecular flexibility index (Phi) is 5.60. The van der Waals surface area contributed by atoms with Crippen molar-refractivity contribution in [2.75, 3.05) is 6.54 Å². The molecule has 0 aliphatic heterocycles. The number of nitrogens with one attached hydrogen (secondary N) is 1. The number of rotatable bonds is 7. The summed E-state index contributed by atoms with van der Waals surface area (Å²) in [6.45, 7) is 7.96. The first kappa shape index (κ1) is 15.1. The van der Waals surface area contributed by atoms with Crippen LogP contribution in [0, 0.1) is 5.92 Å². The summed E-state index contributed by atoms with van der Waals surface area (Å²) in [5.74, 6) is 0.674. The van der Waals surface area contributed by atoms with E-state index < -0.39 is 0 Å². The van der Waals surface area contributed by atoms with Gasteiger partial charge in [-0.2, -0.15) is 0 Å². The largest absolute Gasteiger partial charge is 0.310 e. The Morgan fingerprint density at radius 2 is 1.70 bits per heavy atom. The van der Waals surface area contributed by atoms with Gasteiger partial charge in [0.05, 0.1) is 0 Å². The topological polar surface area (TPSA) is 12.0 Å². The molecule has 1 heteroatoms. The van der Waals surface area contributed by atoms with Gasteiger partial charge in [0.1, 0.15) is 0 Å². The quantitative estimate of drug-likeness (QED) is 0.717. The number of hydrogen-bond acceptors (Lipinski definition) is 1. The van der Waals surface area contributed by atoms with Crippen LogP contribution < -0.4 is 5.32 Å². The van der Waals surface area contributed by atoms with Gasteiger partial charge in [0, 0.05) is 6.04 Å². The predicted molar refractivity (Wildman–Crippen MR) is 89.1 cm³/mol. The number of hydrogen-bond donors (Lipinski definition) is 1. The highest BCUT2D eigenvalue weighted by atomic mass is 14.9. The molecule has 0 saturated heterocycles. The van der Waals surface area contributed by atoms with E-state index in [1.54, 1.807) is 0 Å². The van der Waals surface area contributed by atoms with E-state index in [4.69, 9.17) is 0 Å². The van der Waals surface area contributed by atoms with E-state index in [2.05, 4.69) is 68.6 Å². The Labute approximate surface area is 123 Å². The van der Waals surface area contributed by atoms with Gasteiger partial charge in [0.15, 0.2) is 0 Å². The monoisotopic (exact) mass is 269 g/mol. The minimum atomic E-state index is 0.472. The molecular weight excluding hydrogens is 242 g/mol. The van der Waals surface area contributed by atoms with Crippen LogP contribution in [-0.4, -0.2) is 6.54 Å². The molecule has 0 heterocycles. The van der Waals surface area contributed by atoms with E-state index in [0.29, 0.717) is 12.0 Å². The van der Waals surface area contributed by atoms with Crippen molar-refractivity contribution in [3.8, 4) is 0 Å². The molecule has 0 fully saturated rings. The average molecular weight is 269 g/mol. The van der Waals surface area contributed by atoms with Crippen LogP contribution in [0.25, 0.3) is 10.8 Å². The van der Waals surface area contributed by atoms with Crippen molar-refractivity contribution < 1.29 is 0 Å². The molecule has 0 aliphatic rings. The Hall–Kier alpha value is -1.34. The van der Waals surface area contributed by atoms with E-state index >= 15 is 0 Å². The molecular formula is C19H27N.